The topological polar surface area (TPSA) is 55.1 Å². The summed E-state index contributed by atoms with van der Waals surface area (Å²) in [5.41, 5.74) is 5.45. The predicted molar refractivity (Wildman–Crippen MR) is 60.6 cm³/mol. The van der Waals surface area contributed by atoms with Crippen LogP contribution in [-0.2, 0) is 4.79 Å². The van der Waals surface area contributed by atoms with Crippen LogP contribution in [0.1, 0.15) is 26.7 Å². The first-order valence-corrected chi connectivity index (χ1v) is 5.81. The highest BCUT2D eigenvalue weighted by atomic mass is 19.3. The van der Waals surface area contributed by atoms with Gasteiger partial charge in [0, 0.05) is 6.42 Å². The third kappa shape index (κ3) is 6.78. The predicted octanol–water partition coefficient (Wildman–Crippen LogP) is 2.01. The molecule has 0 radical (unpaired) electrons. The molecule has 1 amide bonds. The Morgan fingerprint density at radius 3 is 2.28 bits per heavy atom. The monoisotopic (exact) mass is 272 g/mol. The van der Waals surface area contributed by atoms with Crippen LogP contribution in [0.3, 0.4) is 0 Å². The molecular weight excluding hydrogens is 252 g/mol. The van der Waals surface area contributed by atoms with E-state index in [-0.39, 0.29) is 18.9 Å². The molecule has 3 N–H and O–H groups in total. The molecule has 0 aromatic rings. The molecule has 18 heavy (non-hydrogen) atoms. The van der Waals surface area contributed by atoms with Crippen molar-refractivity contribution < 1.29 is 22.4 Å². The molecule has 3 nitrogen and oxygen atoms in total. The van der Waals surface area contributed by atoms with Gasteiger partial charge in [0.05, 0.1) is 6.54 Å². The van der Waals surface area contributed by atoms with E-state index in [1.165, 1.54) is 0 Å². The summed E-state index contributed by atoms with van der Waals surface area (Å²) in [5, 5.41) is 1.82. The van der Waals surface area contributed by atoms with Gasteiger partial charge in [0.25, 0.3) is 0 Å². The van der Waals surface area contributed by atoms with Crippen molar-refractivity contribution in [1.29, 1.82) is 0 Å². The zero-order valence-electron chi connectivity index (χ0n) is 10.6. The molecule has 0 saturated heterocycles. The Morgan fingerprint density at radius 2 is 1.89 bits per heavy atom. The lowest BCUT2D eigenvalue weighted by Gasteiger charge is -2.19. The van der Waals surface area contributed by atoms with Crippen LogP contribution < -0.4 is 11.1 Å². The van der Waals surface area contributed by atoms with Gasteiger partial charge in [0.1, 0.15) is 0 Å². The van der Waals surface area contributed by atoms with E-state index < -0.39 is 24.8 Å². The maximum Gasteiger partial charge on any atom is 0.324 e. The van der Waals surface area contributed by atoms with Crippen molar-refractivity contribution >= 4 is 5.91 Å². The molecule has 0 aliphatic rings. The van der Waals surface area contributed by atoms with Crippen LogP contribution >= 0.6 is 0 Å². The van der Waals surface area contributed by atoms with Gasteiger partial charge >= 0.3 is 12.3 Å². The Kier molecular flexibility index (Phi) is 7.20. The standard InChI is InChI=1S/C11H20F4N2O/c1-7(2)3-8(5-16)4-9(18)17-6-11(14,15)10(12)13/h7-8,10H,3-6,16H2,1-2H3,(H,17,18)/t8-/m0/s1. The maximum absolute atomic E-state index is 12.5. The van der Waals surface area contributed by atoms with Crippen LogP contribution in [0.15, 0.2) is 0 Å². The molecule has 7 heteroatoms. The second-order valence-corrected chi connectivity index (χ2v) is 4.77. The molecule has 0 heterocycles. The van der Waals surface area contributed by atoms with Crippen LogP contribution in [0, 0.1) is 11.8 Å². The van der Waals surface area contributed by atoms with Crippen LogP contribution in [0.5, 0.6) is 0 Å². The van der Waals surface area contributed by atoms with Crippen LogP contribution in [-0.4, -0.2) is 31.3 Å². The third-order valence-electron chi connectivity index (χ3n) is 2.45. The van der Waals surface area contributed by atoms with Gasteiger partial charge in [-0.25, -0.2) is 8.78 Å². The second kappa shape index (κ2) is 7.56. The first kappa shape index (κ1) is 17.2. The average molecular weight is 272 g/mol. The summed E-state index contributed by atoms with van der Waals surface area (Å²) in [6, 6.07) is 0. The van der Waals surface area contributed by atoms with E-state index in [4.69, 9.17) is 5.73 Å². The van der Waals surface area contributed by atoms with E-state index in [2.05, 4.69) is 0 Å². The maximum atomic E-state index is 12.5. The fraction of sp³-hybridized carbons (Fsp3) is 0.909. The van der Waals surface area contributed by atoms with E-state index in [0.717, 1.165) is 0 Å². The Labute approximate surface area is 104 Å². The number of hydrogen-bond acceptors (Lipinski definition) is 2. The molecule has 0 spiro atoms. The van der Waals surface area contributed by atoms with Gasteiger partial charge in [0.2, 0.25) is 5.91 Å². The molecule has 0 rings (SSSR count). The summed E-state index contributed by atoms with van der Waals surface area (Å²) >= 11 is 0. The van der Waals surface area contributed by atoms with E-state index in [1.54, 1.807) is 0 Å². The number of rotatable bonds is 8. The summed E-state index contributed by atoms with van der Waals surface area (Å²) in [6.07, 6.45) is -3.11. The molecule has 1 atom stereocenters. The first-order chi connectivity index (χ1) is 8.19. The molecular formula is C11H20F4N2O. The summed E-state index contributed by atoms with van der Waals surface area (Å²) < 4.78 is 48.8. The highest BCUT2D eigenvalue weighted by molar-refractivity contribution is 5.76. The zero-order chi connectivity index (χ0) is 14.3. The lowest BCUT2D eigenvalue weighted by molar-refractivity contribution is -0.137. The summed E-state index contributed by atoms with van der Waals surface area (Å²) in [6.45, 7) is 2.82. The van der Waals surface area contributed by atoms with Crippen molar-refractivity contribution in [3.8, 4) is 0 Å². The quantitative estimate of drug-likeness (QED) is 0.664. The molecule has 0 fully saturated rings. The largest absolute Gasteiger partial charge is 0.350 e. The van der Waals surface area contributed by atoms with Gasteiger partial charge in [-0.05, 0) is 24.8 Å². The normalized spacial score (nSPS) is 14.1. The number of hydrogen-bond donors (Lipinski definition) is 2. The van der Waals surface area contributed by atoms with Crippen molar-refractivity contribution in [3.63, 3.8) is 0 Å². The minimum absolute atomic E-state index is 0.0198. The van der Waals surface area contributed by atoms with E-state index in [9.17, 15) is 22.4 Å². The lowest BCUT2D eigenvalue weighted by Crippen LogP contribution is -2.42. The van der Waals surface area contributed by atoms with Crippen molar-refractivity contribution in [1.82, 2.24) is 5.32 Å². The fourth-order valence-electron chi connectivity index (χ4n) is 1.56. The van der Waals surface area contributed by atoms with Gasteiger partial charge in [-0.3, -0.25) is 4.79 Å². The van der Waals surface area contributed by atoms with Crippen LogP contribution in [0.25, 0.3) is 0 Å². The molecule has 0 bridgehead atoms. The molecule has 0 unspecified atom stereocenters. The smallest absolute Gasteiger partial charge is 0.324 e. The Balaban J connectivity index is 4.10. The first-order valence-electron chi connectivity index (χ1n) is 5.81. The second-order valence-electron chi connectivity index (χ2n) is 4.77. The number of carbonyl (C=O) groups excluding carboxylic acids is 1. The summed E-state index contributed by atoms with van der Waals surface area (Å²) in [7, 11) is 0. The third-order valence-corrected chi connectivity index (χ3v) is 2.45. The minimum atomic E-state index is -4.19. The van der Waals surface area contributed by atoms with Crippen molar-refractivity contribution in [2.45, 2.75) is 39.0 Å². The van der Waals surface area contributed by atoms with E-state index in [0.29, 0.717) is 12.3 Å². The van der Waals surface area contributed by atoms with Crippen molar-refractivity contribution in [2.75, 3.05) is 13.1 Å². The zero-order valence-corrected chi connectivity index (χ0v) is 10.6. The molecule has 0 aromatic carbocycles. The molecule has 108 valence electrons. The Bertz CT molecular complexity index is 259. The molecule has 0 saturated carbocycles. The number of nitrogens with one attached hydrogen (secondary N) is 1. The van der Waals surface area contributed by atoms with Gasteiger partial charge < -0.3 is 11.1 Å². The highest BCUT2D eigenvalue weighted by Gasteiger charge is 2.40. The highest BCUT2D eigenvalue weighted by Crippen LogP contribution is 2.21. The molecule has 0 aliphatic heterocycles. The van der Waals surface area contributed by atoms with Crippen molar-refractivity contribution in [2.24, 2.45) is 17.6 Å². The summed E-state index contributed by atoms with van der Waals surface area (Å²) in [5.74, 6) is -4.66. The molecule has 0 aliphatic carbocycles. The molecule has 0 aromatic heterocycles. The number of amides is 1. The van der Waals surface area contributed by atoms with Gasteiger partial charge in [0.15, 0.2) is 0 Å². The minimum Gasteiger partial charge on any atom is -0.350 e. The van der Waals surface area contributed by atoms with E-state index in [1.807, 2.05) is 19.2 Å². The fourth-order valence-corrected chi connectivity index (χ4v) is 1.56. The number of halogens is 4. The van der Waals surface area contributed by atoms with Gasteiger partial charge in [-0.15, -0.1) is 0 Å². The summed E-state index contributed by atoms with van der Waals surface area (Å²) in [4.78, 5) is 11.3. The SMILES string of the molecule is CC(C)C[C@H](CN)CC(=O)NCC(F)(F)C(F)F. The van der Waals surface area contributed by atoms with E-state index >= 15 is 0 Å². The average Bonchev–Trinajstić information content (AvgIpc) is 2.24. The number of nitrogens with two attached hydrogens (primary N) is 1. The van der Waals surface area contributed by atoms with Crippen LogP contribution in [0.4, 0.5) is 17.6 Å². The van der Waals surface area contributed by atoms with Gasteiger partial charge in [-0.1, -0.05) is 13.8 Å². The number of alkyl halides is 4. The van der Waals surface area contributed by atoms with Crippen LogP contribution in [0.2, 0.25) is 0 Å². The lowest BCUT2D eigenvalue weighted by atomic mass is 9.94. The Morgan fingerprint density at radius 1 is 1.33 bits per heavy atom. The Hall–Kier alpha value is -0.850. The van der Waals surface area contributed by atoms with Crippen molar-refractivity contribution in [3.05, 3.63) is 0 Å². The number of carbonyl (C=O) groups is 1. The van der Waals surface area contributed by atoms with Gasteiger partial charge in [-0.2, -0.15) is 8.78 Å².